The maximum Gasteiger partial charge on any atom is 0.226 e. The van der Waals surface area contributed by atoms with Crippen LogP contribution in [0.3, 0.4) is 0 Å². The number of carbonyl (C=O) groups is 1. The van der Waals surface area contributed by atoms with Gasteiger partial charge in [-0.1, -0.05) is 30.3 Å². The summed E-state index contributed by atoms with van der Waals surface area (Å²) < 4.78 is 14.0. The predicted octanol–water partition coefficient (Wildman–Crippen LogP) is 3.06. The Kier molecular flexibility index (Phi) is 4.38. The van der Waals surface area contributed by atoms with Gasteiger partial charge in [0.1, 0.15) is 0 Å². The van der Waals surface area contributed by atoms with E-state index >= 15 is 0 Å². The van der Waals surface area contributed by atoms with E-state index < -0.39 is 0 Å². The number of rotatable bonds is 3. The van der Waals surface area contributed by atoms with Crippen LogP contribution in [0.25, 0.3) is 0 Å². The Bertz CT molecular complexity index is 752. The Balaban J connectivity index is 1.38. The van der Waals surface area contributed by atoms with Crippen molar-refractivity contribution in [3.63, 3.8) is 0 Å². The molecule has 4 nitrogen and oxygen atoms in total. The lowest BCUT2D eigenvalue weighted by Crippen LogP contribution is -2.36. The fraction of sp³-hybridized carbons (Fsp3) is 0.400. The molecule has 1 amide bonds. The molecule has 0 spiro atoms. The fourth-order valence-corrected chi connectivity index (χ4v) is 3.73. The first-order valence-corrected chi connectivity index (χ1v) is 8.93. The van der Waals surface area contributed by atoms with E-state index in [0.29, 0.717) is 24.8 Å². The zero-order chi connectivity index (χ0) is 17.2. The molecular formula is C20H22FN3O. The molecule has 130 valence electrons. The highest BCUT2D eigenvalue weighted by Crippen LogP contribution is 2.48. The van der Waals surface area contributed by atoms with Gasteiger partial charge >= 0.3 is 0 Å². The van der Waals surface area contributed by atoms with E-state index in [1.54, 1.807) is 12.3 Å². The third kappa shape index (κ3) is 3.36. The Hall–Kier alpha value is -2.43. The third-order valence-corrected chi connectivity index (χ3v) is 5.18. The predicted molar refractivity (Wildman–Crippen MR) is 94.9 cm³/mol. The summed E-state index contributed by atoms with van der Waals surface area (Å²) in [7, 11) is 0. The van der Waals surface area contributed by atoms with E-state index in [4.69, 9.17) is 0 Å². The van der Waals surface area contributed by atoms with E-state index in [2.05, 4.69) is 17.1 Å². The number of anilines is 1. The zero-order valence-corrected chi connectivity index (χ0v) is 14.1. The number of benzene rings is 1. The van der Waals surface area contributed by atoms with Crippen molar-refractivity contribution >= 4 is 11.7 Å². The zero-order valence-electron chi connectivity index (χ0n) is 14.1. The Morgan fingerprint density at radius 1 is 1.04 bits per heavy atom. The molecule has 2 aliphatic rings. The van der Waals surface area contributed by atoms with Crippen LogP contribution in [0.1, 0.15) is 24.3 Å². The molecule has 0 unspecified atom stereocenters. The molecule has 0 bridgehead atoms. The number of amides is 1. The van der Waals surface area contributed by atoms with Gasteiger partial charge in [-0.05, 0) is 36.5 Å². The fourth-order valence-electron chi connectivity index (χ4n) is 3.73. The lowest BCUT2D eigenvalue weighted by atomic mass is 10.1. The van der Waals surface area contributed by atoms with Crippen LogP contribution in [0.5, 0.6) is 0 Å². The molecule has 5 heteroatoms. The minimum absolute atomic E-state index is 0.112. The lowest BCUT2D eigenvalue weighted by molar-refractivity contribution is -0.132. The summed E-state index contributed by atoms with van der Waals surface area (Å²) in [4.78, 5) is 20.9. The third-order valence-electron chi connectivity index (χ3n) is 5.18. The number of aromatic nitrogens is 1. The summed E-state index contributed by atoms with van der Waals surface area (Å²) in [6, 6.07) is 13.3. The normalized spacial score (nSPS) is 23.2. The van der Waals surface area contributed by atoms with E-state index in [9.17, 15) is 9.18 Å². The molecule has 2 aromatic rings. The van der Waals surface area contributed by atoms with Gasteiger partial charge in [0.05, 0.1) is 0 Å². The minimum Gasteiger partial charge on any atom is -0.352 e. The molecule has 1 aliphatic carbocycles. The first kappa shape index (κ1) is 16.1. The molecule has 1 saturated heterocycles. The SMILES string of the molecule is O=C([C@@H]1C[C@H]1c1ccccc1)N1CCCN(c2ncccc2F)CC1. The molecule has 0 N–H and O–H groups in total. The van der Waals surface area contributed by atoms with Gasteiger partial charge in [-0.25, -0.2) is 9.37 Å². The van der Waals surface area contributed by atoms with Crippen LogP contribution < -0.4 is 4.90 Å². The van der Waals surface area contributed by atoms with Gasteiger partial charge in [0.2, 0.25) is 5.91 Å². The number of halogens is 1. The maximum atomic E-state index is 14.0. The smallest absolute Gasteiger partial charge is 0.226 e. The van der Waals surface area contributed by atoms with Gasteiger partial charge < -0.3 is 9.80 Å². The quantitative estimate of drug-likeness (QED) is 0.862. The number of nitrogens with zero attached hydrogens (tertiary/aromatic N) is 3. The van der Waals surface area contributed by atoms with Gasteiger partial charge in [0.25, 0.3) is 0 Å². The van der Waals surface area contributed by atoms with Crippen molar-refractivity contribution in [1.82, 2.24) is 9.88 Å². The van der Waals surface area contributed by atoms with Crippen LogP contribution in [0.15, 0.2) is 48.7 Å². The standard InChI is InChI=1S/C20H22FN3O/c21-18-8-4-9-22-19(18)23-10-5-11-24(13-12-23)20(25)17-14-16(17)15-6-2-1-3-7-15/h1-4,6-9,16-17H,5,10-14H2/t16-,17+/m0/s1. The molecule has 1 aliphatic heterocycles. The molecule has 2 heterocycles. The minimum atomic E-state index is -0.298. The summed E-state index contributed by atoms with van der Waals surface area (Å²) in [6.07, 6.45) is 3.39. The molecule has 25 heavy (non-hydrogen) atoms. The van der Waals surface area contributed by atoms with Gasteiger partial charge in [-0.15, -0.1) is 0 Å². The number of carbonyl (C=O) groups excluding carboxylic acids is 1. The van der Waals surface area contributed by atoms with Gasteiger partial charge in [0, 0.05) is 38.3 Å². The summed E-state index contributed by atoms with van der Waals surface area (Å²) >= 11 is 0. The highest BCUT2D eigenvalue weighted by Gasteiger charge is 2.45. The van der Waals surface area contributed by atoms with Crippen LogP contribution in [0.4, 0.5) is 10.2 Å². The van der Waals surface area contributed by atoms with Gasteiger partial charge in [-0.2, -0.15) is 0 Å². The van der Waals surface area contributed by atoms with Crippen LogP contribution in [-0.4, -0.2) is 42.0 Å². The van der Waals surface area contributed by atoms with E-state index in [1.165, 1.54) is 11.6 Å². The van der Waals surface area contributed by atoms with Crippen molar-refractivity contribution in [2.24, 2.45) is 5.92 Å². The summed E-state index contributed by atoms with van der Waals surface area (Å²) in [6.45, 7) is 2.72. The lowest BCUT2D eigenvalue weighted by Gasteiger charge is -2.23. The Morgan fingerprint density at radius 2 is 1.88 bits per heavy atom. The van der Waals surface area contributed by atoms with Crippen LogP contribution in [0, 0.1) is 11.7 Å². The number of hydrogen-bond donors (Lipinski definition) is 0. The van der Waals surface area contributed by atoms with E-state index in [0.717, 1.165) is 25.9 Å². The second kappa shape index (κ2) is 6.82. The maximum absolute atomic E-state index is 14.0. The van der Waals surface area contributed by atoms with Gasteiger partial charge in [0.15, 0.2) is 11.6 Å². The molecular weight excluding hydrogens is 317 g/mol. The van der Waals surface area contributed by atoms with Gasteiger partial charge in [-0.3, -0.25) is 4.79 Å². The topological polar surface area (TPSA) is 36.4 Å². The average Bonchev–Trinajstić information content (AvgIpc) is 3.46. The summed E-state index contributed by atoms with van der Waals surface area (Å²) in [5, 5.41) is 0. The van der Waals surface area contributed by atoms with E-state index in [-0.39, 0.29) is 17.6 Å². The molecule has 4 rings (SSSR count). The molecule has 0 radical (unpaired) electrons. The Morgan fingerprint density at radius 3 is 2.68 bits per heavy atom. The van der Waals surface area contributed by atoms with Crippen molar-refractivity contribution in [2.75, 3.05) is 31.1 Å². The van der Waals surface area contributed by atoms with Crippen LogP contribution >= 0.6 is 0 Å². The van der Waals surface area contributed by atoms with Crippen molar-refractivity contribution in [1.29, 1.82) is 0 Å². The molecule has 2 fully saturated rings. The van der Waals surface area contributed by atoms with Crippen molar-refractivity contribution in [3.8, 4) is 0 Å². The van der Waals surface area contributed by atoms with E-state index in [1.807, 2.05) is 28.0 Å². The Labute approximate surface area is 147 Å². The molecule has 1 aromatic heterocycles. The van der Waals surface area contributed by atoms with Crippen molar-refractivity contribution in [2.45, 2.75) is 18.8 Å². The van der Waals surface area contributed by atoms with Crippen molar-refractivity contribution < 1.29 is 9.18 Å². The average molecular weight is 339 g/mol. The van der Waals surface area contributed by atoms with Crippen LogP contribution in [0.2, 0.25) is 0 Å². The molecule has 1 saturated carbocycles. The largest absolute Gasteiger partial charge is 0.352 e. The highest BCUT2D eigenvalue weighted by molar-refractivity contribution is 5.83. The monoisotopic (exact) mass is 339 g/mol. The number of pyridine rings is 1. The second-order valence-electron chi connectivity index (χ2n) is 6.83. The number of hydrogen-bond acceptors (Lipinski definition) is 3. The van der Waals surface area contributed by atoms with Crippen molar-refractivity contribution in [3.05, 3.63) is 60.0 Å². The highest BCUT2D eigenvalue weighted by atomic mass is 19.1. The molecule has 2 atom stereocenters. The first-order chi connectivity index (χ1) is 12.2. The first-order valence-electron chi connectivity index (χ1n) is 8.93. The second-order valence-corrected chi connectivity index (χ2v) is 6.83. The summed E-state index contributed by atoms with van der Waals surface area (Å²) in [5.41, 5.74) is 1.26. The molecule has 1 aromatic carbocycles. The summed E-state index contributed by atoms with van der Waals surface area (Å²) in [5.74, 6) is 0.818. The van der Waals surface area contributed by atoms with Crippen LogP contribution in [-0.2, 0) is 4.79 Å².